The molecule has 0 saturated heterocycles. The number of ether oxygens (including phenoxy) is 1. The molecular formula is C15H16N2O2. The molecular weight excluding hydrogens is 240 g/mol. The molecule has 0 radical (unpaired) electrons. The van der Waals surface area contributed by atoms with Crippen LogP contribution in [0.25, 0.3) is 0 Å². The van der Waals surface area contributed by atoms with Gasteiger partial charge in [0, 0.05) is 6.54 Å². The quantitative estimate of drug-likeness (QED) is 0.652. The van der Waals surface area contributed by atoms with Crippen molar-refractivity contribution in [2.45, 2.75) is 6.54 Å². The predicted molar refractivity (Wildman–Crippen MR) is 76.0 cm³/mol. The fourth-order valence-electron chi connectivity index (χ4n) is 1.83. The maximum atomic E-state index is 11.7. The van der Waals surface area contributed by atoms with Gasteiger partial charge < -0.3 is 15.8 Å². The molecule has 19 heavy (non-hydrogen) atoms. The Bertz CT molecular complexity index is 568. The number of nitrogens with two attached hydrogens (primary N) is 1. The lowest BCUT2D eigenvalue weighted by Crippen LogP contribution is -2.10. The van der Waals surface area contributed by atoms with E-state index in [1.54, 1.807) is 18.2 Å². The van der Waals surface area contributed by atoms with E-state index >= 15 is 0 Å². The molecule has 2 rings (SSSR count). The van der Waals surface area contributed by atoms with Crippen LogP contribution in [-0.4, -0.2) is 13.1 Å². The van der Waals surface area contributed by atoms with Crippen LogP contribution in [0.5, 0.6) is 0 Å². The molecule has 0 amide bonds. The Balaban J connectivity index is 2.22. The van der Waals surface area contributed by atoms with Crippen LogP contribution in [0.2, 0.25) is 0 Å². The van der Waals surface area contributed by atoms with E-state index < -0.39 is 5.97 Å². The zero-order valence-corrected chi connectivity index (χ0v) is 10.7. The summed E-state index contributed by atoms with van der Waals surface area (Å²) in [6.07, 6.45) is 0. The van der Waals surface area contributed by atoms with Crippen molar-refractivity contribution in [1.82, 2.24) is 0 Å². The third-order valence-electron chi connectivity index (χ3n) is 2.81. The summed E-state index contributed by atoms with van der Waals surface area (Å²) < 4.78 is 4.75. The first-order valence-corrected chi connectivity index (χ1v) is 5.97. The Labute approximate surface area is 112 Å². The molecule has 0 unspecified atom stereocenters. The molecule has 4 nitrogen and oxygen atoms in total. The molecule has 0 saturated carbocycles. The molecule has 2 aromatic rings. The summed E-state index contributed by atoms with van der Waals surface area (Å²) in [6, 6.07) is 15.1. The maximum absolute atomic E-state index is 11.7. The fourth-order valence-corrected chi connectivity index (χ4v) is 1.83. The van der Waals surface area contributed by atoms with Crippen LogP contribution in [0.4, 0.5) is 11.4 Å². The number of hydrogen-bond donors (Lipinski definition) is 2. The smallest absolute Gasteiger partial charge is 0.340 e. The molecule has 0 heterocycles. The number of benzene rings is 2. The van der Waals surface area contributed by atoms with E-state index in [9.17, 15) is 4.79 Å². The Hall–Kier alpha value is -2.49. The van der Waals surface area contributed by atoms with Crippen LogP contribution >= 0.6 is 0 Å². The first kappa shape index (κ1) is 13.0. The summed E-state index contributed by atoms with van der Waals surface area (Å²) in [5.74, 6) is -0.400. The van der Waals surface area contributed by atoms with Crippen molar-refractivity contribution in [3.05, 3.63) is 59.7 Å². The van der Waals surface area contributed by atoms with Gasteiger partial charge in [-0.1, -0.05) is 36.4 Å². The van der Waals surface area contributed by atoms with Crippen molar-refractivity contribution >= 4 is 17.3 Å². The minimum Gasteiger partial charge on any atom is -0.465 e. The van der Waals surface area contributed by atoms with Crippen LogP contribution in [0.1, 0.15) is 15.9 Å². The van der Waals surface area contributed by atoms with Gasteiger partial charge in [-0.05, 0) is 17.7 Å². The number of esters is 1. The van der Waals surface area contributed by atoms with E-state index in [-0.39, 0.29) is 0 Å². The van der Waals surface area contributed by atoms with Crippen molar-refractivity contribution < 1.29 is 9.53 Å². The molecule has 0 fully saturated rings. The van der Waals surface area contributed by atoms with Crippen molar-refractivity contribution in [2.75, 3.05) is 18.2 Å². The van der Waals surface area contributed by atoms with E-state index in [4.69, 9.17) is 10.5 Å². The summed E-state index contributed by atoms with van der Waals surface area (Å²) in [4.78, 5) is 11.7. The van der Waals surface area contributed by atoms with Crippen LogP contribution in [-0.2, 0) is 11.3 Å². The molecule has 98 valence electrons. The average Bonchev–Trinajstić information content (AvgIpc) is 2.46. The van der Waals surface area contributed by atoms with Crippen LogP contribution in [0.3, 0.4) is 0 Å². The monoisotopic (exact) mass is 256 g/mol. The van der Waals surface area contributed by atoms with Gasteiger partial charge in [-0.2, -0.15) is 0 Å². The second-order valence-corrected chi connectivity index (χ2v) is 4.10. The van der Waals surface area contributed by atoms with Gasteiger partial charge in [0.15, 0.2) is 0 Å². The standard InChI is InChI=1S/C15H16N2O2/c1-19-15(18)12-8-5-9-13(16)14(12)17-10-11-6-3-2-4-7-11/h2-9,17H,10,16H2,1H3. The third kappa shape index (κ3) is 3.04. The largest absolute Gasteiger partial charge is 0.465 e. The average molecular weight is 256 g/mol. The highest BCUT2D eigenvalue weighted by Gasteiger charge is 2.13. The maximum Gasteiger partial charge on any atom is 0.340 e. The second kappa shape index (κ2) is 5.91. The third-order valence-corrected chi connectivity index (χ3v) is 2.81. The van der Waals surface area contributed by atoms with Gasteiger partial charge in [0.25, 0.3) is 0 Å². The molecule has 3 N–H and O–H groups in total. The van der Waals surface area contributed by atoms with Gasteiger partial charge >= 0.3 is 5.97 Å². The molecule has 0 aliphatic carbocycles. The summed E-state index contributed by atoms with van der Waals surface area (Å²) in [5.41, 5.74) is 8.60. The Morgan fingerprint density at radius 3 is 2.58 bits per heavy atom. The minimum atomic E-state index is -0.400. The molecule has 0 spiro atoms. The first-order chi connectivity index (χ1) is 9.22. The zero-order valence-electron chi connectivity index (χ0n) is 10.7. The Morgan fingerprint density at radius 2 is 1.89 bits per heavy atom. The van der Waals surface area contributed by atoms with E-state index in [1.165, 1.54) is 7.11 Å². The lowest BCUT2D eigenvalue weighted by atomic mass is 10.1. The number of nitrogen functional groups attached to an aromatic ring is 1. The highest BCUT2D eigenvalue weighted by atomic mass is 16.5. The Morgan fingerprint density at radius 1 is 1.16 bits per heavy atom. The predicted octanol–water partition coefficient (Wildman–Crippen LogP) is 2.67. The molecule has 4 heteroatoms. The van der Waals surface area contributed by atoms with Gasteiger partial charge in [-0.15, -0.1) is 0 Å². The van der Waals surface area contributed by atoms with Crippen LogP contribution < -0.4 is 11.1 Å². The van der Waals surface area contributed by atoms with E-state index in [0.29, 0.717) is 23.5 Å². The van der Waals surface area contributed by atoms with Gasteiger partial charge in [0.2, 0.25) is 0 Å². The fraction of sp³-hybridized carbons (Fsp3) is 0.133. The minimum absolute atomic E-state index is 0.400. The second-order valence-electron chi connectivity index (χ2n) is 4.10. The number of nitrogens with one attached hydrogen (secondary N) is 1. The van der Waals surface area contributed by atoms with E-state index in [1.807, 2.05) is 30.3 Å². The van der Waals surface area contributed by atoms with Gasteiger partial charge in [0.05, 0.1) is 24.0 Å². The molecule has 0 aliphatic rings. The van der Waals surface area contributed by atoms with Crippen molar-refractivity contribution in [3.8, 4) is 0 Å². The van der Waals surface area contributed by atoms with Gasteiger partial charge in [-0.25, -0.2) is 4.79 Å². The summed E-state index contributed by atoms with van der Waals surface area (Å²) in [6.45, 7) is 0.596. The highest BCUT2D eigenvalue weighted by Crippen LogP contribution is 2.24. The number of anilines is 2. The van der Waals surface area contributed by atoms with Crippen molar-refractivity contribution in [1.29, 1.82) is 0 Å². The number of para-hydroxylation sites is 1. The normalized spacial score (nSPS) is 9.95. The van der Waals surface area contributed by atoms with Crippen molar-refractivity contribution in [3.63, 3.8) is 0 Å². The number of carbonyl (C=O) groups is 1. The van der Waals surface area contributed by atoms with Gasteiger partial charge in [-0.3, -0.25) is 0 Å². The molecule has 0 aliphatic heterocycles. The molecule has 0 atom stereocenters. The lowest BCUT2D eigenvalue weighted by Gasteiger charge is -2.13. The SMILES string of the molecule is COC(=O)c1cccc(N)c1NCc1ccccc1. The van der Waals surface area contributed by atoms with Gasteiger partial charge in [0.1, 0.15) is 0 Å². The molecule has 2 aromatic carbocycles. The van der Waals surface area contributed by atoms with Crippen LogP contribution in [0.15, 0.2) is 48.5 Å². The zero-order chi connectivity index (χ0) is 13.7. The summed E-state index contributed by atoms with van der Waals surface area (Å²) in [5, 5.41) is 3.19. The first-order valence-electron chi connectivity index (χ1n) is 5.97. The molecule has 0 bridgehead atoms. The highest BCUT2D eigenvalue weighted by molar-refractivity contribution is 5.98. The Kier molecular flexibility index (Phi) is 4.03. The van der Waals surface area contributed by atoms with Crippen molar-refractivity contribution in [2.24, 2.45) is 0 Å². The van der Waals surface area contributed by atoms with E-state index in [2.05, 4.69) is 5.32 Å². The number of methoxy groups -OCH3 is 1. The van der Waals surface area contributed by atoms with Crippen LogP contribution in [0, 0.1) is 0 Å². The lowest BCUT2D eigenvalue weighted by molar-refractivity contribution is 0.0602. The number of rotatable bonds is 4. The van der Waals surface area contributed by atoms with E-state index in [0.717, 1.165) is 5.56 Å². The molecule has 0 aromatic heterocycles. The summed E-state index contributed by atoms with van der Waals surface area (Å²) in [7, 11) is 1.35. The number of hydrogen-bond acceptors (Lipinski definition) is 4. The summed E-state index contributed by atoms with van der Waals surface area (Å²) >= 11 is 0. The topological polar surface area (TPSA) is 64.3 Å². The number of carbonyl (C=O) groups excluding carboxylic acids is 1.